The molecule has 5 heteroatoms. The van der Waals surface area contributed by atoms with Gasteiger partial charge in [0, 0.05) is 13.0 Å². The molecule has 1 heterocycles. The molecule has 0 saturated carbocycles. The van der Waals surface area contributed by atoms with Crippen molar-refractivity contribution in [3.05, 3.63) is 29.6 Å². The summed E-state index contributed by atoms with van der Waals surface area (Å²) in [5, 5.41) is 11.9. The lowest BCUT2D eigenvalue weighted by Crippen LogP contribution is -2.28. The summed E-state index contributed by atoms with van der Waals surface area (Å²) in [7, 11) is 0. The molecular weight excluding hydrogens is 235 g/mol. The number of benzene rings is 1. The number of rotatable bonds is 4. The smallest absolute Gasteiger partial charge is 0.167 e. The summed E-state index contributed by atoms with van der Waals surface area (Å²) in [5.41, 5.74) is 0.537. The molecular formula is C13H15FN2O2. The Morgan fingerprint density at radius 2 is 2.17 bits per heavy atom. The van der Waals surface area contributed by atoms with Gasteiger partial charge in [-0.1, -0.05) is 6.07 Å². The quantitative estimate of drug-likeness (QED) is 0.890. The average Bonchev–Trinajstić information content (AvgIpc) is 2.77. The van der Waals surface area contributed by atoms with Gasteiger partial charge in [0.05, 0.1) is 18.9 Å². The number of ether oxygens (including phenoxy) is 2. The van der Waals surface area contributed by atoms with Gasteiger partial charge < -0.3 is 14.8 Å². The van der Waals surface area contributed by atoms with Crippen LogP contribution in [-0.2, 0) is 9.47 Å². The highest BCUT2D eigenvalue weighted by atomic mass is 19.1. The third-order valence-corrected chi connectivity index (χ3v) is 2.92. The fourth-order valence-corrected chi connectivity index (χ4v) is 1.91. The van der Waals surface area contributed by atoms with E-state index in [9.17, 15) is 4.39 Å². The van der Waals surface area contributed by atoms with Gasteiger partial charge in [0.2, 0.25) is 0 Å². The minimum atomic E-state index is -0.576. The minimum Gasteiger partial charge on any atom is -0.384 e. The Kier molecular flexibility index (Phi) is 3.80. The van der Waals surface area contributed by atoms with Gasteiger partial charge in [-0.3, -0.25) is 0 Å². The molecule has 1 N–H and O–H groups in total. The average molecular weight is 250 g/mol. The predicted molar refractivity (Wildman–Crippen MR) is 64.5 cm³/mol. The van der Waals surface area contributed by atoms with Crippen molar-refractivity contribution in [3.8, 4) is 6.07 Å². The molecule has 1 saturated heterocycles. The SMILES string of the molecule is CC1(CCNc2cccc(F)c2C#N)OCCO1. The number of nitriles is 1. The van der Waals surface area contributed by atoms with Crippen LogP contribution < -0.4 is 5.32 Å². The molecule has 2 rings (SSSR count). The third-order valence-electron chi connectivity index (χ3n) is 2.92. The Morgan fingerprint density at radius 1 is 1.44 bits per heavy atom. The number of anilines is 1. The monoisotopic (exact) mass is 250 g/mol. The molecule has 1 aromatic rings. The van der Waals surface area contributed by atoms with Gasteiger partial charge in [0.25, 0.3) is 0 Å². The zero-order chi connectivity index (χ0) is 13.0. The normalized spacial score (nSPS) is 17.4. The molecule has 0 aromatic heterocycles. The maximum atomic E-state index is 13.3. The molecule has 1 aliphatic rings. The van der Waals surface area contributed by atoms with Crippen molar-refractivity contribution < 1.29 is 13.9 Å². The molecule has 0 radical (unpaired) electrons. The zero-order valence-corrected chi connectivity index (χ0v) is 10.2. The highest BCUT2D eigenvalue weighted by Crippen LogP contribution is 2.23. The van der Waals surface area contributed by atoms with E-state index < -0.39 is 11.6 Å². The van der Waals surface area contributed by atoms with E-state index in [1.165, 1.54) is 6.07 Å². The number of nitrogens with one attached hydrogen (secondary N) is 1. The fraction of sp³-hybridized carbons (Fsp3) is 0.462. The van der Waals surface area contributed by atoms with E-state index in [1.807, 2.05) is 13.0 Å². The van der Waals surface area contributed by atoms with Crippen molar-refractivity contribution in [2.75, 3.05) is 25.1 Å². The minimum absolute atomic E-state index is 0.0379. The summed E-state index contributed by atoms with van der Waals surface area (Å²) in [6.07, 6.45) is 0.633. The Bertz CT molecular complexity index is 465. The first-order chi connectivity index (χ1) is 8.64. The predicted octanol–water partition coefficient (Wildman–Crippen LogP) is 2.26. The van der Waals surface area contributed by atoms with E-state index in [0.717, 1.165) is 0 Å². The van der Waals surface area contributed by atoms with E-state index >= 15 is 0 Å². The van der Waals surface area contributed by atoms with Gasteiger partial charge in [-0.2, -0.15) is 5.26 Å². The Morgan fingerprint density at radius 3 is 2.83 bits per heavy atom. The summed E-state index contributed by atoms with van der Waals surface area (Å²) < 4.78 is 24.3. The number of nitrogens with zero attached hydrogens (tertiary/aromatic N) is 1. The van der Waals surface area contributed by atoms with Gasteiger partial charge >= 0.3 is 0 Å². The fourth-order valence-electron chi connectivity index (χ4n) is 1.91. The van der Waals surface area contributed by atoms with E-state index in [4.69, 9.17) is 14.7 Å². The van der Waals surface area contributed by atoms with Gasteiger partial charge in [-0.25, -0.2) is 4.39 Å². The van der Waals surface area contributed by atoms with Crippen molar-refractivity contribution in [1.29, 1.82) is 5.26 Å². The lowest BCUT2D eigenvalue weighted by Gasteiger charge is -2.22. The van der Waals surface area contributed by atoms with Crippen molar-refractivity contribution in [1.82, 2.24) is 0 Å². The largest absolute Gasteiger partial charge is 0.384 e. The summed E-state index contributed by atoms with van der Waals surface area (Å²) in [4.78, 5) is 0. The van der Waals surface area contributed by atoms with Gasteiger partial charge in [-0.05, 0) is 19.1 Å². The first-order valence-electron chi connectivity index (χ1n) is 5.85. The van der Waals surface area contributed by atoms with Gasteiger partial charge in [-0.15, -0.1) is 0 Å². The molecule has 1 fully saturated rings. The molecule has 18 heavy (non-hydrogen) atoms. The van der Waals surface area contributed by atoms with Crippen molar-refractivity contribution in [2.45, 2.75) is 19.1 Å². The van der Waals surface area contributed by atoms with E-state index in [0.29, 0.717) is 31.9 Å². The van der Waals surface area contributed by atoms with Crippen LogP contribution in [0.4, 0.5) is 10.1 Å². The molecule has 0 unspecified atom stereocenters. The summed E-state index contributed by atoms with van der Waals surface area (Å²) in [6, 6.07) is 6.38. The zero-order valence-electron chi connectivity index (χ0n) is 10.2. The second-order valence-corrected chi connectivity index (χ2v) is 4.28. The maximum Gasteiger partial charge on any atom is 0.167 e. The second kappa shape index (κ2) is 5.34. The van der Waals surface area contributed by atoms with Crippen molar-refractivity contribution >= 4 is 5.69 Å². The van der Waals surface area contributed by atoms with Crippen molar-refractivity contribution in [2.24, 2.45) is 0 Å². The summed E-state index contributed by atoms with van der Waals surface area (Å²) in [5.74, 6) is -1.09. The lowest BCUT2D eigenvalue weighted by atomic mass is 10.1. The Labute approximate surface area is 105 Å². The third kappa shape index (κ3) is 2.78. The standard InChI is InChI=1S/C13H15FN2O2/c1-13(17-7-8-18-13)5-6-16-12-4-2-3-11(14)10(12)9-15/h2-4,16H,5-8H2,1H3. The molecule has 0 spiro atoms. The first-order valence-corrected chi connectivity index (χ1v) is 5.85. The molecule has 96 valence electrons. The van der Waals surface area contributed by atoms with Crippen LogP contribution in [0.5, 0.6) is 0 Å². The number of hydrogen-bond acceptors (Lipinski definition) is 4. The molecule has 0 bridgehead atoms. The highest BCUT2D eigenvalue weighted by molar-refractivity contribution is 5.57. The van der Waals surface area contributed by atoms with E-state index in [1.54, 1.807) is 12.1 Å². The Balaban J connectivity index is 1.95. The highest BCUT2D eigenvalue weighted by Gasteiger charge is 2.30. The van der Waals surface area contributed by atoms with Gasteiger partial charge in [0.1, 0.15) is 17.4 Å². The maximum absolute atomic E-state index is 13.3. The van der Waals surface area contributed by atoms with Crippen LogP contribution in [0.25, 0.3) is 0 Å². The van der Waals surface area contributed by atoms with Crippen LogP contribution in [-0.4, -0.2) is 25.5 Å². The van der Waals surface area contributed by atoms with Crippen molar-refractivity contribution in [3.63, 3.8) is 0 Å². The first kappa shape index (κ1) is 12.8. The van der Waals surface area contributed by atoms with E-state index in [-0.39, 0.29) is 5.56 Å². The molecule has 0 amide bonds. The molecule has 0 atom stereocenters. The molecule has 1 aliphatic heterocycles. The molecule has 0 aliphatic carbocycles. The van der Waals surface area contributed by atoms with Crippen LogP contribution in [0, 0.1) is 17.1 Å². The second-order valence-electron chi connectivity index (χ2n) is 4.28. The molecule has 1 aromatic carbocycles. The van der Waals surface area contributed by atoms with Crippen LogP contribution in [0.2, 0.25) is 0 Å². The number of halogens is 1. The molecule has 4 nitrogen and oxygen atoms in total. The van der Waals surface area contributed by atoms with Gasteiger partial charge in [0.15, 0.2) is 5.79 Å². The summed E-state index contributed by atoms with van der Waals surface area (Å²) >= 11 is 0. The Hall–Kier alpha value is -1.64. The number of hydrogen-bond donors (Lipinski definition) is 1. The van der Waals surface area contributed by atoms with Crippen LogP contribution in [0.3, 0.4) is 0 Å². The van der Waals surface area contributed by atoms with Crippen LogP contribution >= 0.6 is 0 Å². The summed E-state index contributed by atoms with van der Waals surface area (Å²) in [6.45, 7) is 3.62. The van der Waals surface area contributed by atoms with Crippen LogP contribution in [0.1, 0.15) is 18.9 Å². The topological polar surface area (TPSA) is 54.3 Å². The van der Waals surface area contributed by atoms with Crippen LogP contribution in [0.15, 0.2) is 18.2 Å². The lowest BCUT2D eigenvalue weighted by molar-refractivity contribution is -0.144. The van der Waals surface area contributed by atoms with E-state index in [2.05, 4.69) is 5.32 Å².